The number of methoxy groups -OCH3 is 2. The van der Waals surface area contributed by atoms with Crippen LogP contribution in [0.1, 0.15) is 0 Å². The van der Waals surface area contributed by atoms with Gasteiger partial charge in [0.15, 0.2) is 5.76 Å². The molecule has 5 aromatic rings. The highest BCUT2D eigenvalue weighted by molar-refractivity contribution is 5.86. The van der Waals surface area contributed by atoms with Crippen molar-refractivity contribution in [3.63, 3.8) is 0 Å². The van der Waals surface area contributed by atoms with E-state index in [0.717, 1.165) is 51.3 Å². The van der Waals surface area contributed by atoms with Crippen LogP contribution < -0.4 is 14.8 Å². The van der Waals surface area contributed by atoms with Gasteiger partial charge in [-0.15, -0.1) is 0 Å². The molecule has 0 spiro atoms. The van der Waals surface area contributed by atoms with Crippen LogP contribution in [0.15, 0.2) is 108 Å². The Morgan fingerprint density at radius 1 is 0.727 bits per heavy atom. The van der Waals surface area contributed by atoms with Crippen molar-refractivity contribution in [1.29, 1.82) is 0 Å². The van der Waals surface area contributed by atoms with Crippen molar-refractivity contribution in [1.82, 2.24) is 4.57 Å². The largest absolute Gasteiger partial charge is 0.497 e. The van der Waals surface area contributed by atoms with E-state index in [2.05, 4.69) is 40.2 Å². The number of rotatable bonds is 7. The standard InChI is InChI=1S/C28H24N2O3/c1-31-23-14-10-21(11-15-23)29-25-19-26(27-9-6-18-33-27)30(22-12-16-24(32-2)17-13-22)28(25)20-7-4-3-5-8-20/h3-19,29H,1-2H3. The van der Waals surface area contributed by atoms with Crippen molar-refractivity contribution < 1.29 is 13.9 Å². The van der Waals surface area contributed by atoms with Crippen LogP contribution in [-0.4, -0.2) is 18.8 Å². The molecular weight excluding hydrogens is 412 g/mol. The molecule has 0 saturated carbocycles. The lowest BCUT2D eigenvalue weighted by Gasteiger charge is -2.15. The van der Waals surface area contributed by atoms with E-state index in [1.807, 2.05) is 66.7 Å². The quantitative estimate of drug-likeness (QED) is 0.294. The normalized spacial score (nSPS) is 10.7. The van der Waals surface area contributed by atoms with Crippen LogP contribution in [0.5, 0.6) is 11.5 Å². The highest BCUT2D eigenvalue weighted by atomic mass is 16.5. The van der Waals surface area contributed by atoms with Crippen molar-refractivity contribution in [2.24, 2.45) is 0 Å². The van der Waals surface area contributed by atoms with Crippen molar-refractivity contribution in [3.8, 4) is 39.9 Å². The Balaban J connectivity index is 1.72. The van der Waals surface area contributed by atoms with E-state index in [4.69, 9.17) is 13.9 Å². The Morgan fingerprint density at radius 2 is 1.39 bits per heavy atom. The number of furan rings is 1. The van der Waals surface area contributed by atoms with E-state index < -0.39 is 0 Å². The molecule has 0 atom stereocenters. The fourth-order valence-electron chi connectivity index (χ4n) is 3.92. The number of ether oxygens (including phenoxy) is 2. The van der Waals surface area contributed by atoms with Crippen molar-refractivity contribution in [2.45, 2.75) is 0 Å². The molecule has 0 saturated heterocycles. The molecule has 0 amide bonds. The topological polar surface area (TPSA) is 48.6 Å². The van der Waals surface area contributed by atoms with E-state index in [0.29, 0.717) is 0 Å². The number of nitrogens with zero attached hydrogens (tertiary/aromatic N) is 1. The van der Waals surface area contributed by atoms with E-state index in [1.165, 1.54) is 0 Å². The van der Waals surface area contributed by atoms with Gasteiger partial charge in [0.05, 0.1) is 37.6 Å². The fourth-order valence-corrected chi connectivity index (χ4v) is 3.92. The molecule has 0 unspecified atom stereocenters. The zero-order valence-corrected chi connectivity index (χ0v) is 18.5. The second-order valence-electron chi connectivity index (χ2n) is 7.52. The van der Waals surface area contributed by atoms with Crippen LogP contribution in [0, 0.1) is 0 Å². The van der Waals surface area contributed by atoms with E-state index >= 15 is 0 Å². The molecule has 3 aromatic carbocycles. The summed E-state index contributed by atoms with van der Waals surface area (Å²) in [7, 11) is 3.34. The molecule has 0 aliphatic carbocycles. The Bertz CT molecular complexity index is 1320. The van der Waals surface area contributed by atoms with Crippen LogP contribution >= 0.6 is 0 Å². The second-order valence-corrected chi connectivity index (χ2v) is 7.52. The molecule has 0 aliphatic heterocycles. The summed E-state index contributed by atoms with van der Waals surface area (Å²) in [5.41, 5.74) is 5.99. The lowest BCUT2D eigenvalue weighted by atomic mass is 10.1. The van der Waals surface area contributed by atoms with Crippen molar-refractivity contribution in [3.05, 3.63) is 103 Å². The summed E-state index contributed by atoms with van der Waals surface area (Å²) < 4.78 is 18.7. The molecule has 5 rings (SSSR count). The van der Waals surface area contributed by atoms with Crippen LogP contribution in [0.25, 0.3) is 28.4 Å². The molecule has 5 nitrogen and oxygen atoms in total. The summed E-state index contributed by atoms with van der Waals surface area (Å²) >= 11 is 0. The second kappa shape index (κ2) is 9.01. The third kappa shape index (κ3) is 4.08. The van der Waals surface area contributed by atoms with E-state index in [1.54, 1.807) is 20.5 Å². The summed E-state index contributed by atoms with van der Waals surface area (Å²) in [5, 5.41) is 3.59. The van der Waals surface area contributed by atoms with Gasteiger partial charge in [0.1, 0.15) is 11.5 Å². The van der Waals surface area contributed by atoms with Gasteiger partial charge in [0.25, 0.3) is 0 Å². The molecule has 0 fully saturated rings. The molecule has 164 valence electrons. The lowest BCUT2D eigenvalue weighted by molar-refractivity contribution is 0.414. The first-order valence-corrected chi connectivity index (χ1v) is 10.7. The van der Waals surface area contributed by atoms with Gasteiger partial charge in [-0.1, -0.05) is 30.3 Å². The Morgan fingerprint density at radius 3 is 2.00 bits per heavy atom. The maximum absolute atomic E-state index is 5.82. The fraction of sp³-hybridized carbons (Fsp3) is 0.0714. The average molecular weight is 437 g/mol. The highest BCUT2D eigenvalue weighted by Gasteiger charge is 2.21. The monoisotopic (exact) mass is 436 g/mol. The number of hydrogen-bond donors (Lipinski definition) is 1. The molecule has 33 heavy (non-hydrogen) atoms. The minimum atomic E-state index is 0.783. The number of hydrogen-bond acceptors (Lipinski definition) is 4. The number of anilines is 2. The van der Waals surface area contributed by atoms with Crippen LogP contribution in [-0.2, 0) is 0 Å². The van der Waals surface area contributed by atoms with Gasteiger partial charge in [0, 0.05) is 16.9 Å². The summed E-state index contributed by atoms with van der Waals surface area (Å²) in [6.07, 6.45) is 1.69. The van der Waals surface area contributed by atoms with Gasteiger partial charge in [-0.05, 0) is 66.7 Å². The minimum absolute atomic E-state index is 0.783. The number of benzene rings is 3. The molecule has 5 heteroatoms. The van der Waals surface area contributed by atoms with Gasteiger partial charge >= 0.3 is 0 Å². The van der Waals surface area contributed by atoms with Gasteiger partial charge < -0.3 is 23.8 Å². The average Bonchev–Trinajstić information content (AvgIpc) is 3.53. The SMILES string of the molecule is COc1ccc(Nc2cc(-c3ccco3)n(-c3ccc(OC)cc3)c2-c2ccccc2)cc1. The minimum Gasteiger partial charge on any atom is -0.497 e. The summed E-state index contributed by atoms with van der Waals surface area (Å²) in [6, 6.07) is 32.3. The molecule has 2 heterocycles. The molecule has 2 aromatic heterocycles. The maximum Gasteiger partial charge on any atom is 0.150 e. The first-order chi connectivity index (χ1) is 16.3. The van der Waals surface area contributed by atoms with Gasteiger partial charge in [-0.2, -0.15) is 0 Å². The molecule has 0 bridgehead atoms. The molecule has 0 aliphatic rings. The third-order valence-electron chi connectivity index (χ3n) is 5.52. The zero-order valence-electron chi connectivity index (χ0n) is 18.5. The molecular formula is C28H24N2O3. The highest BCUT2D eigenvalue weighted by Crippen LogP contribution is 2.40. The van der Waals surface area contributed by atoms with Gasteiger partial charge in [-0.3, -0.25) is 0 Å². The van der Waals surface area contributed by atoms with Crippen LogP contribution in [0.3, 0.4) is 0 Å². The Kier molecular flexibility index (Phi) is 5.60. The van der Waals surface area contributed by atoms with Gasteiger partial charge in [-0.25, -0.2) is 0 Å². The maximum atomic E-state index is 5.82. The van der Waals surface area contributed by atoms with E-state index in [-0.39, 0.29) is 0 Å². The molecule has 0 radical (unpaired) electrons. The van der Waals surface area contributed by atoms with Gasteiger partial charge in [0.2, 0.25) is 0 Å². The first-order valence-electron chi connectivity index (χ1n) is 10.7. The zero-order chi connectivity index (χ0) is 22.6. The smallest absolute Gasteiger partial charge is 0.150 e. The summed E-state index contributed by atoms with van der Waals surface area (Å²) in [5.74, 6) is 2.41. The predicted octanol–water partition coefficient (Wildman–Crippen LogP) is 7.17. The number of nitrogens with one attached hydrogen (secondary N) is 1. The van der Waals surface area contributed by atoms with Crippen LogP contribution in [0.2, 0.25) is 0 Å². The molecule has 1 N–H and O–H groups in total. The summed E-state index contributed by atoms with van der Waals surface area (Å²) in [4.78, 5) is 0. The van der Waals surface area contributed by atoms with Crippen molar-refractivity contribution in [2.75, 3.05) is 19.5 Å². The van der Waals surface area contributed by atoms with Crippen LogP contribution in [0.4, 0.5) is 11.4 Å². The first kappa shape index (κ1) is 20.5. The van der Waals surface area contributed by atoms with E-state index in [9.17, 15) is 0 Å². The Labute approximate surface area is 192 Å². The predicted molar refractivity (Wildman–Crippen MR) is 132 cm³/mol. The Hall–Kier alpha value is -4.38. The third-order valence-corrected chi connectivity index (χ3v) is 5.52. The van der Waals surface area contributed by atoms with Crippen molar-refractivity contribution >= 4 is 11.4 Å². The summed E-state index contributed by atoms with van der Waals surface area (Å²) in [6.45, 7) is 0. The lowest BCUT2D eigenvalue weighted by Crippen LogP contribution is -2.00. The number of aromatic nitrogens is 1.